The van der Waals surface area contributed by atoms with E-state index in [1.165, 1.54) is 0 Å². The van der Waals surface area contributed by atoms with Crippen molar-refractivity contribution in [1.29, 1.82) is 0 Å². The molecule has 2 aliphatic rings. The van der Waals surface area contributed by atoms with Crippen LogP contribution in [0.4, 0.5) is 8.78 Å². The lowest BCUT2D eigenvalue weighted by atomic mass is 9.72. The first-order chi connectivity index (χ1) is 12.9. The maximum absolute atomic E-state index is 13.8. The van der Waals surface area contributed by atoms with Gasteiger partial charge in [0.25, 0.3) is 0 Å². The second-order valence-electron chi connectivity index (χ2n) is 7.69. The quantitative estimate of drug-likeness (QED) is 0.851. The van der Waals surface area contributed by atoms with Gasteiger partial charge >= 0.3 is 0 Å². The van der Waals surface area contributed by atoms with Crippen LogP contribution in [0.3, 0.4) is 0 Å². The highest BCUT2D eigenvalue weighted by atomic mass is 19.1. The fraction of sp³-hybridized carbons (Fsp3) is 0.600. The Hall–Kier alpha value is -2.02. The molecule has 5 nitrogen and oxygen atoms in total. The standard InChI is InChI=1S/C20H26F2N2O3/c21-16-2-3-17(22)15(12-16)13-19(27)23-9-6-20(7-10-23)5-4-18(26)24(14-20)8-1-11-25/h2-3,12,25H,1,4-11,13-14H2. The van der Waals surface area contributed by atoms with E-state index in [2.05, 4.69) is 0 Å². The number of benzene rings is 1. The number of likely N-dealkylation sites (tertiary alicyclic amines) is 2. The predicted octanol–water partition coefficient (Wildman–Crippen LogP) is 2.12. The van der Waals surface area contributed by atoms with Gasteiger partial charge in [-0.1, -0.05) is 0 Å². The normalized spacial score (nSPS) is 19.6. The fourth-order valence-corrected chi connectivity index (χ4v) is 4.16. The summed E-state index contributed by atoms with van der Waals surface area (Å²) in [5.74, 6) is -1.18. The molecule has 0 atom stereocenters. The molecular weight excluding hydrogens is 354 g/mol. The van der Waals surface area contributed by atoms with Crippen LogP contribution in [0.5, 0.6) is 0 Å². The third-order valence-electron chi connectivity index (χ3n) is 5.86. The molecule has 1 aromatic carbocycles. The van der Waals surface area contributed by atoms with Crippen molar-refractivity contribution in [3.05, 3.63) is 35.4 Å². The van der Waals surface area contributed by atoms with Crippen molar-refractivity contribution in [1.82, 2.24) is 9.80 Å². The average Bonchev–Trinajstić information content (AvgIpc) is 2.66. The van der Waals surface area contributed by atoms with Crippen molar-refractivity contribution in [2.75, 3.05) is 32.8 Å². The Kier molecular flexibility index (Phi) is 6.09. The Labute approximate surface area is 157 Å². The number of aliphatic hydroxyl groups excluding tert-OH is 1. The number of halogens is 2. The highest BCUT2D eigenvalue weighted by Gasteiger charge is 2.41. The molecule has 2 amide bonds. The number of carbonyl (C=O) groups is 2. The van der Waals surface area contributed by atoms with E-state index in [9.17, 15) is 18.4 Å². The van der Waals surface area contributed by atoms with Crippen molar-refractivity contribution >= 4 is 11.8 Å². The van der Waals surface area contributed by atoms with E-state index in [-0.39, 0.29) is 35.8 Å². The lowest BCUT2D eigenvalue weighted by Crippen LogP contribution is -2.52. The zero-order valence-corrected chi connectivity index (χ0v) is 15.4. The van der Waals surface area contributed by atoms with Gasteiger partial charge in [-0.3, -0.25) is 9.59 Å². The van der Waals surface area contributed by atoms with E-state index in [0.29, 0.717) is 39.0 Å². The van der Waals surface area contributed by atoms with Crippen LogP contribution in [0.15, 0.2) is 18.2 Å². The molecule has 0 radical (unpaired) electrons. The van der Waals surface area contributed by atoms with Crippen LogP contribution in [-0.2, 0) is 16.0 Å². The highest BCUT2D eigenvalue weighted by Crippen LogP contribution is 2.40. The molecule has 2 saturated heterocycles. The third kappa shape index (κ3) is 4.64. The maximum Gasteiger partial charge on any atom is 0.227 e. The topological polar surface area (TPSA) is 60.9 Å². The molecule has 0 aliphatic carbocycles. The molecule has 1 aromatic rings. The molecule has 27 heavy (non-hydrogen) atoms. The average molecular weight is 380 g/mol. The largest absolute Gasteiger partial charge is 0.396 e. The zero-order chi connectivity index (χ0) is 19.4. The van der Waals surface area contributed by atoms with Gasteiger partial charge < -0.3 is 14.9 Å². The second kappa shape index (κ2) is 8.33. The van der Waals surface area contributed by atoms with Crippen LogP contribution >= 0.6 is 0 Å². The van der Waals surface area contributed by atoms with Gasteiger partial charge in [0.05, 0.1) is 6.42 Å². The van der Waals surface area contributed by atoms with Gasteiger partial charge in [-0.15, -0.1) is 0 Å². The summed E-state index contributed by atoms with van der Waals surface area (Å²) in [5.41, 5.74) is 0.100. The smallest absolute Gasteiger partial charge is 0.227 e. The van der Waals surface area contributed by atoms with Crippen molar-refractivity contribution in [3.8, 4) is 0 Å². The number of piperidine rings is 2. The van der Waals surface area contributed by atoms with Crippen molar-refractivity contribution in [2.45, 2.75) is 38.5 Å². The van der Waals surface area contributed by atoms with E-state index in [4.69, 9.17) is 5.11 Å². The lowest BCUT2D eigenvalue weighted by Gasteiger charge is -2.47. The number of rotatable bonds is 5. The van der Waals surface area contributed by atoms with Gasteiger partial charge in [0.1, 0.15) is 11.6 Å². The summed E-state index contributed by atoms with van der Waals surface area (Å²) < 4.78 is 27.1. The SMILES string of the molecule is O=C(Cc1cc(F)ccc1F)N1CCC2(CCC(=O)N(CCCO)C2)CC1. The second-order valence-corrected chi connectivity index (χ2v) is 7.69. The van der Waals surface area contributed by atoms with Crippen molar-refractivity contribution in [2.24, 2.45) is 5.41 Å². The van der Waals surface area contributed by atoms with Crippen LogP contribution in [0.25, 0.3) is 0 Å². The van der Waals surface area contributed by atoms with Crippen molar-refractivity contribution in [3.63, 3.8) is 0 Å². The summed E-state index contributed by atoms with van der Waals surface area (Å²) in [6.07, 6.45) is 3.36. The number of carbonyl (C=O) groups excluding carboxylic acids is 2. The molecule has 7 heteroatoms. The van der Waals surface area contributed by atoms with Crippen LogP contribution in [0.2, 0.25) is 0 Å². The van der Waals surface area contributed by atoms with E-state index in [0.717, 1.165) is 37.5 Å². The van der Waals surface area contributed by atoms with Gasteiger partial charge in [-0.25, -0.2) is 8.78 Å². The summed E-state index contributed by atoms with van der Waals surface area (Å²) in [5, 5.41) is 9.01. The van der Waals surface area contributed by atoms with Gasteiger partial charge in [0.15, 0.2) is 0 Å². The Morgan fingerprint density at radius 3 is 2.63 bits per heavy atom. The third-order valence-corrected chi connectivity index (χ3v) is 5.86. The first-order valence-corrected chi connectivity index (χ1v) is 9.53. The summed E-state index contributed by atoms with van der Waals surface area (Å²) in [6.45, 7) is 2.44. The van der Waals surface area contributed by atoms with E-state index in [1.54, 1.807) is 4.90 Å². The van der Waals surface area contributed by atoms with Crippen LogP contribution in [0, 0.1) is 17.0 Å². The van der Waals surface area contributed by atoms with Gasteiger partial charge in [-0.2, -0.15) is 0 Å². The lowest BCUT2D eigenvalue weighted by molar-refractivity contribution is -0.142. The number of aliphatic hydroxyl groups is 1. The number of nitrogens with zero attached hydrogens (tertiary/aromatic N) is 2. The van der Waals surface area contributed by atoms with Gasteiger partial charge in [0, 0.05) is 44.8 Å². The summed E-state index contributed by atoms with van der Waals surface area (Å²) >= 11 is 0. The molecule has 0 bridgehead atoms. The molecule has 2 fully saturated rings. The molecule has 2 aliphatic heterocycles. The highest BCUT2D eigenvalue weighted by molar-refractivity contribution is 5.79. The first-order valence-electron chi connectivity index (χ1n) is 9.53. The molecule has 1 N–H and O–H groups in total. The van der Waals surface area contributed by atoms with E-state index < -0.39 is 11.6 Å². The Morgan fingerprint density at radius 1 is 1.19 bits per heavy atom. The van der Waals surface area contributed by atoms with Crippen molar-refractivity contribution < 1.29 is 23.5 Å². The molecule has 148 valence electrons. The van der Waals surface area contributed by atoms with E-state index >= 15 is 0 Å². The number of hydrogen-bond donors (Lipinski definition) is 1. The molecule has 0 unspecified atom stereocenters. The minimum absolute atomic E-state index is 0.0181. The van der Waals surface area contributed by atoms with Gasteiger partial charge in [0.2, 0.25) is 11.8 Å². The number of amides is 2. The molecule has 3 rings (SSSR count). The molecule has 1 spiro atoms. The maximum atomic E-state index is 13.8. The van der Waals surface area contributed by atoms with Crippen LogP contribution in [0.1, 0.15) is 37.7 Å². The Morgan fingerprint density at radius 2 is 1.93 bits per heavy atom. The minimum Gasteiger partial charge on any atom is -0.396 e. The molecule has 2 heterocycles. The predicted molar refractivity (Wildman–Crippen MR) is 95.8 cm³/mol. The Balaban J connectivity index is 1.57. The number of hydrogen-bond acceptors (Lipinski definition) is 3. The zero-order valence-electron chi connectivity index (χ0n) is 15.4. The van der Waals surface area contributed by atoms with Crippen LogP contribution < -0.4 is 0 Å². The summed E-state index contributed by atoms with van der Waals surface area (Å²) in [4.78, 5) is 28.1. The summed E-state index contributed by atoms with van der Waals surface area (Å²) in [7, 11) is 0. The molecule has 0 aromatic heterocycles. The van der Waals surface area contributed by atoms with Gasteiger partial charge in [-0.05, 0) is 49.3 Å². The first kappa shape index (κ1) is 19.7. The summed E-state index contributed by atoms with van der Waals surface area (Å²) in [6, 6.07) is 3.16. The molecular formula is C20H26F2N2O3. The fourth-order valence-electron chi connectivity index (χ4n) is 4.16. The monoisotopic (exact) mass is 380 g/mol. The molecule has 0 saturated carbocycles. The minimum atomic E-state index is -0.566. The van der Waals surface area contributed by atoms with Crippen LogP contribution in [-0.4, -0.2) is 59.5 Å². The Bertz CT molecular complexity index is 702. The van der Waals surface area contributed by atoms with E-state index in [1.807, 2.05) is 4.90 Å².